The largest absolute Gasteiger partial charge is 0.487 e. The van der Waals surface area contributed by atoms with E-state index in [1.807, 2.05) is 13.0 Å². The molecule has 1 heterocycles. The summed E-state index contributed by atoms with van der Waals surface area (Å²) >= 11 is 8.76. The van der Waals surface area contributed by atoms with Gasteiger partial charge in [-0.1, -0.05) is 15.9 Å². The van der Waals surface area contributed by atoms with Gasteiger partial charge in [-0.25, -0.2) is 0 Å². The average Bonchev–Trinajstić information content (AvgIpc) is 2.73. The number of hydrogen-bond donors (Lipinski definition) is 1. The fourth-order valence-corrected chi connectivity index (χ4v) is 4.07. The van der Waals surface area contributed by atoms with Crippen molar-refractivity contribution in [3.05, 3.63) is 48.5 Å². The van der Waals surface area contributed by atoms with Crippen LogP contribution < -0.4 is 10.5 Å². The summed E-state index contributed by atoms with van der Waals surface area (Å²) in [6.07, 6.45) is 0.807. The first-order valence-electron chi connectivity index (χ1n) is 6.36. The third-order valence-corrected chi connectivity index (χ3v) is 5.25. The first-order valence-corrected chi connectivity index (χ1v) is 8.83. The molecule has 0 radical (unpaired) electrons. The Morgan fingerprint density at radius 3 is 2.70 bits per heavy atom. The molecule has 1 atom stereocenters. The molecule has 0 spiro atoms. The van der Waals surface area contributed by atoms with Crippen molar-refractivity contribution in [1.82, 2.24) is 0 Å². The Hall–Kier alpha value is -0.360. The third-order valence-electron chi connectivity index (χ3n) is 2.90. The third kappa shape index (κ3) is 4.07. The Morgan fingerprint density at radius 2 is 2.10 bits per heavy atom. The van der Waals surface area contributed by atoms with Gasteiger partial charge in [-0.15, -0.1) is 11.3 Å². The van der Waals surface area contributed by atoms with Crippen LogP contribution in [0.2, 0.25) is 0 Å². The van der Waals surface area contributed by atoms with Crippen LogP contribution in [0.3, 0.4) is 0 Å². The molecule has 1 aromatic carbocycles. The molecule has 0 fully saturated rings. The van der Waals surface area contributed by atoms with E-state index in [0.29, 0.717) is 6.61 Å². The molecule has 2 aromatic rings. The normalized spacial score (nSPS) is 12.4. The smallest absolute Gasteiger partial charge is 0.126 e. The molecule has 2 nitrogen and oxygen atoms in total. The lowest BCUT2D eigenvalue weighted by molar-refractivity contribution is 0.303. The zero-order valence-electron chi connectivity index (χ0n) is 11.5. The van der Waals surface area contributed by atoms with Crippen molar-refractivity contribution in [3.8, 4) is 5.75 Å². The maximum atomic E-state index is 6.05. The maximum Gasteiger partial charge on any atom is 0.126 e. The first-order chi connectivity index (χ1) is 9.47. The van der Waals surface area contributed by atoms with Crippen molar-refractivity contribution in [2.24, 2.45) is 5.73 Å². The summed E-state index contributed by atoms with van der Waals surface area (Å²) < 4.78 is 8.22. The maximum absolute atomic E-state index is 6.05. The second kappa shape index (κ2) is 7.07. The van der Waals surface area contributed by atoms with Gasteiger partial charge in [-0.3, -0.25) is 0 Å². The standard InChI is InChI=1S/C15H17Br2NOS/c1-9-5-12(16)7-11(6-10(2)18)15(9)19-8-14-13(17)3-4-20-14/h3-5,7,10H,6,8,18H2,1-2H3. The van der Waals surface area contributed by atoms with Gasteiger partial charge < -0.3 is 10.5 Å². The highest BCUT2D eigenvalue weighted by atomic mass is 79.9. The molecule has 2 N–H and O–H groups in total. The summed E-state index contributed by atoms with van der Waals surface area (Å²) in [7, 11) is 0. The van der Waals surface area contributed by atoms with Crippen molar-refractivity contribution in [3.63, 3.8) is 0 Å². The van der Waals surface area contributed by atoms with Gasteiger partial charge in [0.25, 0.3) is 0 Å². The van der Waals surface area contributed by atoms with Crippen molar-refractivity contribution < 1.29 is 4.74 Å². The lowest BCUT2D eigenvalue weighted by Gasteiger charge is -2.16. The molecule has 0 saturated heterocycles. The number of thiophene rings is 1. The van der Waals surface area contributed by atoms with E-state index < -0.39 is 0 Å². The van der Waals surface area contributed by atoms with Crippen LogP contribution in [-0.4, -0.2) is 6.04 Å². The minimum absolute atomic E-state index is 0.111. The molecule has 0 aliphatic carbocycles. The summed E-state index contributed by atoms with van der Waals surface area (Å²) in [5.41, 5.74) is 8.21. The SMILES string of the molecule is Cc1cc(Br)cc(CC(C)N)c1OCc1sccc1Br. The van der Waals surface area contributed by atoms with Gasteiger partial charge in [0.2, 0.25) is 0 Å². The van der Waals surface area contributed by atoms with Crippen molar-refractivity contribution in [2.75, 3.05) is 0 Å². The van der Waals surface area contributed by atoms with E-state index in [-0.39, 0.29) is 6.04 Å². The van der Waals surface area contributed by atoms with Gasteiger partial charge in [0.15, 0.2) is 0 Å². The Balaban J connectivity index is 2.23. The number of benzene rings is 1. The van der Waals surface area contributed by atoms with E-state index in [2.05, 4.69) is 56.3 Å². The highest BCUT2D eigenvalue weighted by molar-refractivity contribution is 9.10. The van der Waals surface area contributed by atoms with Crippen molar-refractivity contribution >= 4 is 43.2 Å². The molecule has 0 bridgehead atoms. The zero-order chi connectivity index (χ0) is 14.7. The summed E-state index contributed by atoms with van der Waals surface area (Å²) in [4.78, 5) is 1.19. The molecular weight excluding hydrogens is 402 g/mol. The number of hydrogen-bond acceptors (Lipinski definition) is 3. The Morgan fingerprint density at radius 1 is 1.35 bits per heavy atom. The van der Waals surface area contributed by atoms with Crippen LogP contribution in [0.15, 0.2) is 32.5 Å². The van der Waals surface area contributed by atoms with Crippen LogP contribution >= 0.6 is 43.2 Å². The first kappa shape index (κ1) is 16.0. The number of halogens is 2. The van der Waals surface area contributed by atoms with Crippen LogP contribution in [0, 0.1) is 6.92 Å². The number of rotatable bonds is 5. The number of ether oxygens (including phenoxy) is 1. The molecule has 1 unspecified atom stereocenters. The fourth-order valence-electron chi connectivity index (χ4n) is 2.07. The topological polar surface area (TPSA) is 35.2 Å². The lowest BCUT2D eigenvalue weighted by atomic mass is 10.0. The van der Waals surface area contributed by atoms with Crippen LogP contribution in [0.4, 0.5) is 0 Å². The predicted octanol–water partition coefficient (Wildman–Crippen LogP) is 5.05. The minimum Gasteiger partial charge on any atom is -0.487 e. The fraction of sp³-hybridized carbons (Fsp3) is 0.333. The average molecular weight is 419 g/mol. The zero-order valence-corrected chi connectivity index (χ0v) is 15.4. The monoisotopic (exact) mass is 417 g/mol. The van der Waals surface area contributed by atoms with Crippen LogP contribution in [0.1, 0.15) is 22.9 Å². The minimum atomic E-state index is 0.111. The molecule has 0 aliphatic rings. The lowest BCUT2D eigenvalue weighted by Crippen LogP contribution is -2.18. The summed E-state index contributed by atoms with van der Waals surface area (Å²) in [5, 5.41) is 2.06. The van der Waals surface area contributed by atoms with E-state index >= 15 is 0 Å². The molecule has 20 heavy (non-hydrogen) atoms. The van der Waals surface area contributed by atoms with Crippen molar-refractivity contribution in [1.29, 1.82) is 0 Å². The van der Waals surface area contributed by atoms with Gasteiger partial charge in [0.1, 0.15) is 12.4 Å². The molecule has 5 heteroatoms. The molecule has 108 valence electrons. The quantitative estimate of drug-likeness (QED) is 0.737. The van der Waals surface area contributed by atoms with Gasteiger partial charge in [0, 0.05) is 15.0 Å². The molecule has 0 amide bonds. The second-order valence-corrected chi connectivity index (χ2v) is 7.64. The second-order valence-electron chi connectivity index (χ2n) is 4.87. The molecular formula is C15H17Br2NOS. The number of nitrogens with two attached hydrogens (primary N) is 1. The highest BCUT2D eigenvalue weighted by Gasteiger charge is 2.12. The predicted molar refractivity (Wildman–Crippen MR) is 92.6 cm³/mol. The van der Waals surface area contributed by atoms with Crippen LogP contribution in [0.25, 0.3) is 0 Å². The van der Waals surface area contributed by atoms with E-state index in [9.17, 15) is 0 Å². The molecule has 0 aliphatic heterocycles. The Kier molecular flexibility index (Phi) is 5.66. The summed E-state index contributed by atoms with van der Waals surface area (Å²) in [5.74, 6) is 0.950. The van der Waals surface area contributed by atoms with Gasteiger partial charge in [-0.05, 0) is 70.9 Å². The van der Waals surface area contributed by atoms with Crippen LogP contribution in [0.5, 0.6) is 5.75 Å². The van der Waals surface area contributed by atoms with E-state index in [4.69, 9.17) is 10.5 Å². The van der Waals surface area contributed by atoms with Crippen LogP contribution in [-0.2, 0) is 13.0 Å². The summed E-state index contributed by atoms with van der Waals surface area (Å²) in [6.45, 7) is 4.65. The molecule has 0 saturated carbocycles. The Bertz CT molecular complexity index is 596. The van der Waals surface area contributed by atoms with Gasteiger partial charge in [0.05, 0.1) is 4.88 Å². The molecule has 2 rings (SSSR count). The van der Waals surface area contributed by atoms with Crippen molar-refractivity contribution in [2.45, 2.75) is 32.9 Å². The Labute approximate surface area is 140 Å². The highest BCUT2D eigenvalue weighted by Crippen LogP contribution is 2.31. The summed E-state index contributed by atoms with van der Waals surface area (Å²) in [6, 6.07) is 6.32. The van der Waals surface area contributed by atoms with E-state index in [1.54, 1.807) is 11.3 Å². The molecule has 1 aromatic heterocycles. The van der Waals surface area contributed by atoms with E-state index in [0.717, 1.165) is 32.2 Å². The van der Waals surface area contributed by atoms with Gasteiger partial charge >= 0.3 is 0 Å². The van der Waals surface area contributed by atoms with E-state index in [1.165, 1.54) is 4.88 Å². The number of aryl methyl sites for hydroxylation is 1. The van der Waals surface area contributed by atoms with Gasteiger partial charge in [-0.2, -0.15) is 0 Å².